The summed E-state index contributed by atoms with van der Waals surface area (Å²) in [7, 11) is 0. The van der Waals surface area contributed by atoms with E-state index in [1.807, 2.05) is 36.0 Å². The Labute approximate surface area is 208 Å². The Balaban J connectivity index is 0.00000253. The second-order valence-corrected chi connectivity index (χ2v) is 9.19. The van der Waals surface area contributed by atoms with Gasteiger partial charge in [-0.25, -0.2) is 4.98 Å². The number of halogens is 1. The molecule has 0 bridgehead atoms. The fraction of sp³-hybridized carbons (Fsp3) is 0.360. The molecule has 1 aliphatic heterocycles. The van der Waals surface area contributed by atoms with Crippen LogP contribution in [0.4, 0.5) is 11.4 Å². The van der Waals surface area contributed by atoms with Crippen molar-refractivity contribution in [1.29, 1.82) is 0 Å². The maximum Gasteiger partial charge on any atom is 0.230 e. The fourth-order valence-corrected chi connectivity index (χ4v) is 4.57. The van der Waals surface area contributed by atoms with Crippen molar-refractivity contribution in [2.24, 2.45) is 0 Å². The zero-order valence-electron chi connectivity index (χ0n) is 19.3. The first-order valence-corrected chi connectivity index (χ1v) is 11.6. The number of anilines is 2. The number of benzene rings is 1. The summed E-state index contributed by atoms with van der Waals surface area (Å²) in [4.78, 5) is 23.8. The number of aryl methyl sites for hydroxylation is 1. The molecular formula is C25H27ClN6O3. The van der Waals surface area contributed by atoms with Gasteiger partial charge in [-0.05, 0) is 50.5 Å². The molecule has 1 amide bonds. The Morgan fingerprint density at radius 1 is 1.26 bits per heavy atom. The minimum Gasteiger partial charge on any atom is -0.444 e. The third kappa shape index (κ3) is 4.74. The third-order valence-corrected chi connectivity index (χ3v) is 6.42. The third-order valence-electron chi connectivity index (χ3n) is 6.42. The van der Waals surface area contributed by atoms with Crippen LogP contribution < -0.4 is 10.2 Å². The monoisotopic (exact) mass is 494 g/mol. The highest BCUT2D eigenvalue weighted by molar-refractivity contribution is 5.99. The second kappa shape index (κ2) is 9.31. The normalized spacial score (nSPS) is 17.5. The van der Waals surface area contributed by atoms with Gasteiger partial charge in [-0.1, -0.05) is 0 Å². The van der Waals surface area contributed by atoms with Crippen molar-refractivity contribution in [2.45, 2.75) is 44.8 Å². The highest BCUT2D eigenvalue weighted by atomic mass is 35.5. The number of hydrogen-bond donors (Lipinski definition) is 2. The van der Waals surface area contributed by atoms with E-state index in [0.29, 0.717) is 30.6 Å². The van der Waals surface area contributed by atoms with Gasteiger partial charge in [0, 0.05) is 35.9 Å². The molecule has 4 aromatic rings. The summed E-state index contributed by atoms with van der Waals surface area (Å²) >= 11 is 0. The topological polar surface area (TPSA) is 109 Å². The number of carbonyl (C=O) groups excluding carboxylic acids is 1. The van der Waals surface area contributed by atoms with E-state index >= 15 is 0 Å². The molecule has 1 saturated heterocycles. The number of nitrogens with one attached hydrogen (secondary N) is 1. The minimum atomic E-state index is -0.362. The van der Waals surface area contributed by atoms with E-state index in [4.69, 9.17) is 4.42 Å². The summed E-state index contributed by atoms with van der Waals surface area (Å²) in [5.74, 6) is 0.290. The van der Waals surface area contributed by atoms with Crippen molar-refractivity contribution in [3.05, 3.63) is 54.3 Å². The van der Waals surface area contributed by atoms with Gasteiger partial charge >= 0.3 is 0 Å². The molecule has 182 valence electrons. The number of aliphatic hydroxyl groups excluding tert-OH is 1. The molecule has 4 heterocycles. The number of amides is 1. The quantitative estimate of drug-likeness (QED) is 0.418. The predicted molar refractivity (Wildman–Crippen MR) is 135 cm³/mol. The number of oxazole rings is 1. The van der Waals surface area contributed by atoms with Crippen LogP contribution in [-0.4, -0.2) is 50.0 Å². The lowest BCUT2D eigenvalue weighted by Crippen LogP contribution is -2.24. The smallest absolute Gasteiger partial charge is 0.230 e. The number of aliphatic hydroxyl groups is 1. The largest absolute Gasteiger partial charge is 0.444 e. The summed E-state index contributed by atoms with van der Waals surface area (Å²) in [5, 5.41) is 18.8. The van der Waals surface area contributed by atoms with E-state index < -0.39 is 0 Å². The number of nitrogens with zero attached hydrogens (tertiary/aromatic N) is 5. The lowest BCUT2D eigenvalue weighted by Gasteiger charge is -2.22. The van der Waals surface area contributed by atoms with Crippen LogP contribution in [0.5, 0.6) is 0 Å². The highest BCUT2D eigenvalue weighted by Crippen LogP contribution is 2.40. The lowest BCUT2D eigenvalue weighted by molar-refractivity contribution is -0.115. The van der Waals surface area contributed by atoms with Gasteiger partial charge in [0.2, 0.25) is 11.8 Å². The molecule has 1 aliphatic carbocycles. The number of pyridine rings is 1. The van der Waals surface area contributed by atoms with Crippen molar-refractivity contribution in [1.82, 2.24) is 19.7 Å². The highest BCUT2D eigenvalue weighted by Gasteiger charge is 2.28. The van der Waals surface area contributed by atoms with E-state index in [0.717, 1.165) is 52.9 Å². The molecule has 6 rings (SSSR count). The maximum absolute atomic E-state index is 13.0. The Morgan fingerprint density at radius 2 is 2.11 bits per heavy atom. The zero-order valence-corrected chi connectivity index (χ0v) is 20.2. The average Bonchev–Trinajstić information content (AvgIpc) is 3.19. The standard InChI is InChI=1S/C25H26N6O3.ClH/c1-15-8-16(4-6-26-15)25-28-18(14-34-25)10-24(33)29-21-11-22-17(12-27-31(22)19-2-3-19)9-23(21)30-7-5-20(32)13-30;/h4,6,8-9,11-12,14,19-20,32H,2-3,5,7,10,13H2,1H3,(H,29,33);1H/t20-;/m0./s1. The van der Waals surface area contributed by atoms with Gasteiger partial charge in [-0.3, -0.25) is 14.5 Å². The van der Waals surface area contributed by atoms with Crippen molar-refractivity contribution < 1.29 is 14.3 Å². The van der Waals surface area contributed by atoms with Gasteiger partial charge in [0.25, 0.3) is 0 Å². The van der Waals surface area contributed by atoms with Gasteiger partial charge in [-0.15, -0.1) is 12.4 Å². The van der Waals surface area contributed by atoms with Crippen LogP contribution in [0.15, 0.2) is 47.3 Å². The molecule has 35 heavy (non-hydrogen) atoms. The van der Waals surface area contributed by atoms with Crippen LogP contribution in [0, 0.1) is 6.92 Å². The van der Waals surface area contributed by atoms with E-state index in [1.165, 1.54) is 6.26 Å². The first-order valence-electron chi connectivity index (χ1n) is 11.6. The SMILES string of the molecule is Cc1cc(-c2nc(CC(=O)Nc3cc4c(cnn4C4CC4)cc3N3CC[C@H](O)C3)co2)ccn1.Cl. The van der Waals surface area contributed by atoms with Crippen LogP contribution in [0.3, 0.4) is 0 Å². The summed E-state index contributed by atoms with van der Waals surface area (Å²) in [6.45, 7) is 3.19. The first kappa shape index (κ1) is 23.3. The molecule has 1 saturated carbocycles. The van der Waals surface area contributed by atoms with Crippen LogP contribution >= 0.6 is 12.4 Å². The average molecular weight is 495 g/mol. The summed E-state index contributed by atoms with van der Waals surface area (Å²) in [5.41, 5.74) is 4.90. The van der Waals surface area contributed by atoms with Crippen molar-refractivity contribution in [3.8, 4) is 11.5 Å². The van der Waals surface area contributed by atoms with E-state index in [9.17, 15) is 9.90 Å². The molecular weight excluding hydrogens is 468 g/mol. The fourth-order valence-electron chi connectivity index (χ4n) is 4.57. The van der Waals surface area contributed by atoms with Crippen molar-refractivity contribution in [3.63, 3.8) is 0 Å². The molecule has 1 aromatic carbocycles. The molecule has 0 radical (unpaired) electrons. The van der Waals surface area contributed by atoms with Crippen molar-refractivity contribution >= 4 is 40.6 Å². The number of fused-ring (bicyclic) bond motifs is 1. The van der Waals surface area contributed by atoms with Crippen LogP contribution in [0.1, 0.15) is 36.7 Å². The number of carbonyl (C=O) groups is 1. The van der Waals surface area contributed by atoms with E-state index in [1.54, 1.807) is 6.20 Å². The van der Waals surface area contributed by atoms with Crippen molar-refractivity contribution in [2.75, 3.05) is 23.3 Å². The van der Waals surface area contributed by atoms with Crippen LogP contribution in [0.25, 0.3) is 22.4 Å². The Morgan fingerprint density at radius 3 is 2.86 bits per heavy atom. The number of β-amino-alcohol motifs (C(OH)–C–C–N with tert-alkyl or cyclic N) is 1. The molecule has 10 heteroatoms. The van der Waals surface area contributed by atoms with E-state index in [2.05, 4.69) is 31.3 Å². The molecule has 9 nitrogen and oxygen atoms in total. The predicted octanol–water partition coefficient (Wildman–Crippen LogP) is 3.90. The Bertz CT molecular complexity index is 1380. The molecule has 1 atom stereocenters. The Hall–Kier alpha value is -3.43. The summed E-state index contributed by atoms with van der Waals surface area (Å²) in [6, 6.07) is 8.23. The summed E-state index contributed by atoms with van der Waals surface area (Å²) in [6.07, 6.45) is 7.81. The molecule has 0 unspecified atom stereocenters. The Kier molecular flexibility index (Phi) is 6.21. The maximum atomic E-state index is 13.0. The van der Waals surface area contributed by atoms with Gasteiger partial charge in [0.15, 0.2) is 0 Å². The first-order chi connectivity index (χ1) is 16.5. The molecule has 2 aliphatic rings. The molecule has 0 spiro atoms. The van der Waals surface area contributed by atoms with Gasteiger partial charge in [-0.2, -0.15) is 5.10 Å². The number of hydrogen-bond acceptors (Lipinski definition) is 7. The second-order valence-electron chi connectivity index (χ2n) is 9.19. The molecule has 2 fully saturated rings. The zero-order chi connectivity index (χ0) is 23.2. The van der Waals surface area contributed by atoms with Gasteiger partial charge in [0.05, 0.1) is 47.3 Å². The number of aromatic nitrogens is 4. The minimum absolute atomic E-state index is 0. The molecule has 3 aromatic heterocycles. The van der Waals surface area contributed by atoms with Crippen LogP contribution in [-0.2, 0) is 11.2 Å². The molecule has 2 N–H and O–H groups in total. The van der Waals surface area contributed by atoms with Gasteiger partial charge < -0.3 is 19.7 Å². The van der Waals surface area contributed by atoms with Crippen LogP contribution in [0.2, 0.25) is 0 Å². The number of rotatable bonds is 6. The lowest BCUT2D eigenvalue weighted by atomic mass is 10.1. The van der Waals surface area contributed by atoms with E-state index in [-0.39, 0.29) is 30.8 Å². The van der Waals surface area contributed by atoms with Gasteiger partial charge in [0.1, 0.15) is 6.26 Å². The summed E-state index contributed by atoms with van der Waals surface area (Å²) < 4.78 is 7.65.